The zero-order valence-electron chi connectivity index (χ0n) is 6.97. The van der Waals surface area contributed by atoms with E-state index in [1.807, 2.05) is 0 Å². The van der Waals surface area contributed by atoms with Gasteiger partial charge in [0.1, 0.15) is 16.2 Å². The topological polar surface area (TPSA) is 71.9 Å². The largest absolute Gasteiger partial charge is 0.573 e. The zero-order valence-corrected chi connectivity index (χ0v) is 8.56. The van der Waals surface area contributed by atoms with E-state index in [1.54, 1.807) is 0 Å². The molecular formula is C7H3BrF3N3O. The van der Waals surface area contributed by atoms with Crippen molar-refractivity contribution in [1.82, 2.24) is 4.98 Å². The van der Waals surface area contributed by atoms with Gasteiger partial charge in [0.2, 0.25) is 0 Å². The van der Waals surface area contributed by atoms with Crippen molar-refractivity contribution in [2.75, 3.05) is 5.73 Å². The van der Waals surface area contributed by atoms with Crippen molar-refractivity contribution in [3.05, 3.63) is 16.4 Å². The van der Waals surface area contributed by atoms with Gasteiger partial charge in [-0.15, -0.1) is 13.2 Å². The smallest absolute Gasteiger partial charge is 0.402 e. The maximum absolute atomic E-state index is 11.9. The molecular weight excluding hydrogens is 279 g/mol. The lowest BCUT2D eigenvalue weighted by molar-refractivity contribution is -0.274. The molecule has 1 heterocycles. The van der Waals surface area contributed by atoms with Crippen molar-refractivity contribution in [1.29, 1.82) is 5.26 Å². The third-order valence-electron chi connectivity index (χ3n) is 1.34. The molecule has 4 nitrogen and oxygen atoms in total. The number of aromatic nitrogens is 1. The number of hydrogen-bond donors (Lipinski definition) is 1. The predicted molar refractivity (Wildman–Crippen MR) is 47.7 cm³/mol. The normalized spacial score (nSPS) is 10.9. The molecule has 0 aliphatic rings. The third kappa shape index (κ3) is 2.73. The fraction of sp³-hybridized carbons (Fsp3) is 0.143. The highest BCUT2D eigenvalue weighted by Crippen LogP contribution is 2.34. The number of halogens is 4. The van der Waals surface area contributed by atoms with Crippen LogP contribution in [0.2, 0.25) is 0 Å². The van der Waals surface area contributed by atoms with Gasteiger partial charge in [-0.3, -0.25) is 0 Å². The Morgan fingerprint density at radius 3 is 2.60 bits per heavy atom. The van der Waals surface area contributed by atoms with Crippen LogP contribution < -0.4 is 10.5 Å². The maximum Gasteiger partial charge on any atom is 0.573 e. The summed E-state index contributed by atoms with van der Waals surface area (Å²) in [6, 6.07) is 1.51. The number of alkyl halides is 3. The molecule has 0 aliphatic heterocycles. The van der Waals surface area contributed by atoms with Crippen LogP contribution in [0.15, 0.2) is 10.8 Å². The van der Waals surface area contributed by atoms with E-state index in [2.05, 4.69) is 25.7 Å². The van der Waals surface area contributed by atoms with E-state index in [0.717, 1.165) is 6.20 Å². The van der Waals surface area contributed by atoms with Crippen molar-refractivity contribution in [2.45, 2.75) is 6.36 Å². The van der Waals surface area contributed by atoms with Crippen molar-refractivity contribution in [2.24, 2.45) is 0 Å². The number of anilines is 1. The molecule has 80 valence electrons. The Hall–Kier alpha value is -1.49. The lowest BCUT2D eigenvalue weighted by atomic mass is 10.2. The van der Waals surface area contributed by atoms with E-state index in [0.29, 0.717) is 0 Å². The number of nitriles is 1. The minimum absolute atomic E-state index is 0.0570. The Morgan fingerprint density at radius 2 is 2.13 bits per heavy atom. The van der Waals surface area contributed by atoms with E-state index in [9.17, 15) is 13.2 Å². The van der Waals surface area contributed by atoms with Crippen LogP contribution in [-0.2, 0) is 0 Å². The first-order chi connectivity index (χ1) is 6.85. The number of hydrogen-bond acceptors (Lipinski definition) is 4. The molecule has 0 unspecified atom stereocenters. The SMILES string of the molecule is N#Cc1c(Br)ncc(N)c1OC(F)(F)F. The Morgan fingerprint density at radius 1 is 1.53 bits per heavy atom. The molecule has 0 aliphatic carbocycles. The van der Waals surface area contributed by atoms with Crippen molar-refractivity contribution >= 4 is 21.6 Å². The third-order valence-corrected chi connectivity index (χ3v) is 1.94. The minimum atomic E-state index is -4.90. The number of rotatable bonds is 1. The average molecular weight is 282 g/mol. The first kappa shape index (κ1) is 11.6. The molecule has 1 aromatic rings. The number of pyridine rings is 1. The van der Waals surface area contributed by atoms with Crippen LogP contribution in [0.3, 0.4) is 0 Å². The summed E-state index contributed by atoms with van der Waals surface area (Å²) in [6.45, 7) is 0. The molecule has 0 radical (unpaired) electrons. The molecule has 0 aromatic carbocycles. The van der Waals surface area contributed by atoms with Crippen LogP contribution >= 0.6 is 15.9 Å². The zero-order chi connectivity index (χ0) is 11.6. The van der Waals surface area contributed by atoms with Gasteiger partial charge in [0.05, 0.1) is 11.9 Å². The average Bonchev–Trinajstić information content (AvgIpc) is 2.10. The Labute approximate surface area is 90.6 Å². The highest BCUT2D eigenvalue weighted by molar-refractivity contribution is 9.10. The molecule has 0 bridgehead atoms. The highest BCUT2D eigenvalue weighted by Gasteiger charge is 2.33. The Balaban J connectivity index is 3.28. The summed E-state index contributed by atoms with van der Waals surface area (Å²) < 4.78 is 39.4. The molecule has 0 saturated carbocycles. The second-order valence-corrected chi connectivity index (χ2v) is 3.12. The molecule has 2 N–H and O–H groups in total. The molecule has 0 atom stereocenters. The van der Waals surface area contributed by atoms with Crippen LogP contribution in [0, 0.1) is 11.3 Å². The lowest BCUT2D eigenvalue weighted by Gasteiger charge is -2.12. The quantitative estimate of drug-likeness (QED) is 0.801. The van der Waals surface area contributed by atoms with E-state index < -0.39 is 17.7 Å². The molecule has 8 heteroatoms. The second kappa shape index (κ2) is 3.94. The van der Waals surface area contributed by atoms with E-state index >= 15 is 0 Å². The van der Waals surface area contributed by atoms with Crippen LogP contribution in [0.4, 0.5) is 18.9 Å². The Bertz CT molecular complexity index is 427. The number of nitrogen functional groups attached to an aromatic ring is 1. The first-order valence-corrected chi connectivity index (χ1v) is 4.24. The summed E-state index contributed by atoms with van der Waals surface area (Å²) >= 11 is 2.81. The molecule has 0 fully saturated rings. The van der Waals surface area contributed by atoms with Crippen LogP contribution in [-0.4, -0.2) is 11.3 Å². The summed E-state index contributed by atoms with van der Waals surface area (Å²) in [7, 11) is 0. The molecule has 0 spiro atoms. The summed E-state index contributed by atoms with van der Waals surface area (Å²) in [5.41, 5.74) is 4.46. The van der Waals surface area contributed by atoms with Gasteiger partial charge >= 0.3 is 6.36 Å². The van der Waals surface area contributed by atoms with Crippen molar-refractivity contribution < 1.29 is 17.9 Å². The maximum atomic E-state index is 11.9. The predicted octanol–water partition coefficient (Wildman–Crippen LogP) is 2.20. The summed E-state index contributed by atoms with van der Waals surface area (Å²) in [5.74, 6) is -0.744. The van der Waals surface area contributed by atoms with Gasteiger partial charge in [-0.1, -0.05) is 0 Å². The number of nitrogens with zero attached hydrogens (tertiary/aromatic N) is 2. The molecule has 1 aromatic heterocycles. The molecule has 0 saturated heterocycles. The molecule has 15 heavy (non-hydrogen) atoms. The fourth-order valence-electron chi connectivity index (χ4n) is 0.810. The van der Waals surface area contributed by atoms with Gasteiger partial charge in [-0.2, -0.15) is 5.26 Å². The Kier molecular flexibility index (Phi) is 3.04. The van der Waals surface area contributed by atoms with Crippen LogP contribution in [0.1, 0.15) is 5.56 Å². The molecule has 0 amide bonds. The van der Waals surface area contributed by atoms with Crippen LogP contribution in [0.25, 0.3) is 0 Å². The molecule has 1 rings (SSSR count). The monoisotopic (exact) mass is 281 g/mol. The summed E-state index contributed by atoms with van der Waals surface area (Å²) in [6.07, 6.45) is -3.94. The van der Waals surface area contributed by atoms with Gasteiger partial charge in [0.25, 0.3) is 0 Å². The van der Waals surface area contributed by atoms with Gasteiger partial charge < -0.3 is 10.5 Å². The number of ether oxygens (including phenoxy) is 1. The van der Waals surface area contributed by atoms with Crippen molar-refractivity contribution in [3.63, 3.8) is 0 Å². The van der Waals surface area contributed by atoms with Crippen LogP contribution in [0.5, 0.6) is 5.75 Å². The van der Waals surface area contributed by atoms with E-state index in [4.69, 9.17) is 11.0 Å². The summed E-state index contributed by atoms with van der Waals surface area (Å²) in [4.78, 5) is 3.56. The van der Waals surface area contributed by atoms with Gasteiger partial charge in [0.15, 0.2) is 5.75 Å². The van der Waals surface area contributed by atoms with Gasteiger partial charge in [-0.25, -0.2) is 4.98 Å². The minimum Gasteiger partial charge on any atom is -0.402 e. The van der Waals surface area contributed by atoms with E-state index in [1.165, 1.54) is 6.07 Å². The van der Waals surface area contributed by atoms with E-state index in [-0.39, 0.29) is 10.3 Å². The fourth-order valence-corrected chi connectivity index (χ4v) is 1.18. The summed E-state index contributed by atoms with van der Waals surface area (Å²) in [5, 5.41) is 8.60. The van der Waals surface area contributed by atoms with Gasteiger partial charge in [-0.05, 0) is 15.9 Å². The van der Waals surface area contributed by atoms with Crippen molar-refractivity contribution in [3.8, 4) is 11.8 Å². The second-order valence-electron chi connectivity index (χ2n) is 2.37. The van der Waals surface area contributed by atoms with Gasteiger partial charge in [0, 0.05) is 0 Å². The standard InChI is InChI=1S/C7H3BrF3N3O/c8-6-3(1-12)5(4(13)2-14-6)15-7(9,10)11/h2H,13H2. The highest BCUT2D eigenvalue weighted by atomic mass is 79.9. The lowest BCUT2D eigenvalue weighted by Crippen LogP contribution is -2.19. The first-order valence-electron chi connectivity index (χ1n) is 3.45. The number of nitrogens with two attached hydrogens (primary N) is 1.